The van der Waals surface area contributed by atoms with E-state index >= 15 is 0 Å². The number of para-hydroxylation sites is 1. The Bertz CT molecular complexity index is 1190. The predicted molar refractivity (Wildman–Crippen MR) is 111 cm³/mol. The molecule has 0 saturated carbocycles. The average molecular weight is 426 g/mol. The van der Waals surface area contributed by atoms with Crippen LogP contribution in [0.4, 0.5) is 11.4 Å². The lowest BCUT2D eigenvalue weighted by Gasteiger charge is -2.09. The van der Waals surface area contributed by atoms with E-state index in [1.54, 1.807) is 36.4 Å². The number of rotatable bonds is 8. The maximum absolute atomic E-state index is 12.5. The van der Waals surface area contributed by atoms with Crippen molar-refractivity contribution in [3.63, 3.8) is 0 Å². The summed E-state index contributed by atoms with van der Waals surface area (Å²) in [5.41, 5.74) is 1.84. The van der Waals surface area contributed by atoms with Crippen molar-refractivity contribution in [1.29, 1.82) is 0 Å². The zero-order chi connectivity index (χ0) is 21.7. The number of carboxylic acids is 1. The Morgan fingerprint density at radius 3 is 2.27 bits per heavy atom. The number of carboxylic acid groups (broad SMARTS) is 1. The Kier molecular flexibility index (Phi) is 6.12. The molecule has 30 heavy (non-hydrogen) atoms. The molecule has 3 rings (SSSR count). The fourth-order valence-corrected chi connectivity index (χ4v) is 4.17. The SMILES string of the molecule is O=C(O)c1cccc(CCc2ccc(NS(=O)(=O)c3ccccc3[N+](=O)[O-])cc2)c1. The molecule has 0 aromatic heterocycles. The topological polar surface area (TPSA) is 127 Å². The molecule has 9 heteroatoms. The molecule has 3 aromatic rings. The molecule has 0 unspecified atom stereocenters. The Hall–Kier alpha value is -3.72. The van der Waals surface area contributed by atoms with Crippen molar-refractivity contribution in [3.05, 3.63) is 99.6 Å². The summed E-state index contributed by atoms with van der Waals surface area (Å²) >= 11 is 0. The first-order chi connectivity index (χ1) is 14.3. The van der Waals surface area contributed by atoms with E-state index in [4.69, 9.17) is 5.11 Å². The maximum atomic E-state index is 12.5. The molecule has 0 spiro atoms. The van der Waals surface area contributed by atoms with Crippen LogP contribution in [0.1, 0.15) is 21.5 Å². The molecule has 0 aliphatic carbocycles. The van der Waals surface area contributed by atoms with E-state index in [9.17, 15) is 23.3 Å². The summed E-state index contributed by atoms with van der Waals surface area (Å²) in [5, 5.41) is 20.1. The third-order valence-corrected chi connectivity index (χ3v) is 5.86. The number of nitro benzene ring substituents is 1. The standard InChI is InChI=1S/C21H18N2O6S/c24-21(25)17-5-3-4-16(14-17)9-8-15-10-12-18(13-11-15)22-30(28,29)20-7-2-1-6-19(20)23(26)27/h1-7,10-14,22H,8-9H2,(H,24,25). The predicted octanol–water partition coefficient (Wildman–Crippen LogP) is 3.88. The van der Waals surface area contributed by atoms with Crippen LogP contribution in [0.25, 0.3) is 0 Å². The highest BCUT2D eigenvalue weighted by atomic mass is 32.2. The minimum absolute atomic E-state index is 0.229. The molecule has 0 aliphatic rings. The molecule has 154 valence electrons. The molecule has 0 atom stereocenters. The van der Waals surface area contributed by atoms with Crippen molar-refractivity contribution in [2.45, 2.75) is 17.7 Å². The van der Waals surface area contributed by atoms with Crippen LogP contribution in [0.5, 0.6) is 0 Å². The van der Waals surface area contributed by atoms with Gasteiger partial charge in [0.05, 0.1) is 10.5 Å². The molecule has 0 fully saturated rings. The van der Waals surface area contributed by atoms with E-state index in [-0.39, 0.29) is 11.3 Å². The van der Waals surface area contributed by atoms with Gasteiger partial charge in [0.1, 0.15) is 0 Å². The number of aryl methyl sites for hydroxylation is 2. The van der Waals surface area contributed by atoms with E-state index in [0.29, 0.717) is 12.8 Å². The highest BCUT2D eigenvalue weighted by Gasteiger charge is 2.25. The van der Waals surface area contributed by atoms with E-state index in [2.05, 4.69) is 4.72 Å². The van der Waals surface area contributed by atoms with Crippen molar-refractivity contribution >= 4 is 27.4 Å². The normalized spacial score (nSPS) is 11.1. The lowest BCUT2D eigenvalue weighted by molar-refractivity contribution is -0.387. The number of sulfonamides is 1. The summed E-state index contributed by atoms with van der Waals surface area (Å²) in [5.74, 6) is -0.980. The number of nitro groups is 1. The molecule has 0 aliphatic heterocycles. The second-order valence-corrected chi connectivity index (χ2v) is 8.18. The summed E-state index contributed by atoms with van der Waals surface area (Å²) in [6.45, 7) is 0. The van der Waals surface area contributed by atoms with Crippen LogP contribution in [0.3, 0.4) is 0 Å². The van der Waals surface area contributed by atoms with E-state index in [0.717, 1.165) is 17.2 Å². The Morgan fingerprint density at radius 1 is 0.933 bits per heavy atom. The van der Waals surface area contributed by atoms with Crippen molar-refractivity contribution in [2.75, 3.05) is 4.72 Å². The van der Waals surface area contributed by atoms with Gasteiger partial charge in [-0.05, 0) is 54.3 Å². The molecule has 0 radical (unpaired) electrons. The first kappa shape index (κ1) is 21.0. The van der Waals surface area contributed by atoms with Gasteiger partial charge in [-0.25, -0.2) is 13.2 Å². The highest BCUT2D eigenvalue weighted by Crippen LogP contribution is 2.25. The van der Waals surface area contributed by atoms with Crippen LogP contribution < -0.4 is 4.72 Å². The van der Waals surface area contributed by atoms with Gasteiger partial charge in [-0.3, -0.25) is 14.8 Å². The molecule has 2 N–H and O–H groups in total. The summed E-state index contributed by atoms with van der Waals surface area (Å²) < 4.78 is 27.4. The quantitative estimate of drug-likeness (QED) is 0.416. The van der Waals surface area contributed by atoms with Gasteiger partial charge in [0.15, 0.2) is 4.90 Å². The molecule has 0 amide bonds. The van der Waals surface area contributed by atoms with Gasteiger partial charge in [0, 0.05) is 11.8 Å². The highest BCUT2D eigenvalue weighted by molar-refractivity contribution is 7.92. The maximum Gasteiger partial charge on any atom is 0.335 e. The van der Waals surface area contributed by atoms with Gasteiger partial charge in [0.2, 0.25) is 0 Å². The average Bonchev–Trinajstić information content (AvgIpc) is 2.73. The zero-order valence-electron chi connectivity index (χ0n) is 15.7. The fraction of sp³-hybridized carbons (Fsp3) is 0.0952. The van der Waals surface area contributed by atoms with Crippen molar-refractivity contribution in [3.8, 4) is 0 Å². The number of aromatic carboxylic acids is 1. The van der Waals surface area contributed by atoms with Crippen LogP contribution in [-0.2, 0) is 22.9 Å². The van der Waals surface area contributed by atoms with E-state index < -0.39 is 31.5 Å². The zero-order valence-corrected chi connectivity index (χ0v) is 16.5. The van der Waals surface area contributed by atoms with E-state index in [1.807, 2.05) is 6.07 Å². The van der Waals surface area contributed by atoms with Gasteiger partial charge >= 0.3 is 5.97 Å². The van der Waals surface area contributed by atoms with Crippen LogP contribution >= 0.6 is 0 Å². The molecule has 0 saturated heterocycles. The summed E-state index contributed by atoms with van der Waals surface area (Å²) in [4.78, 5) is 21.0. The van der Waals surface area contributed by atoms with Crippen molar-refractivity contribution in [1.82, 2.24) is 0 Å². The van der Waals surface area contributed by atoms with Crippen LogP contribution in [-0.4, -0.2) is 24.4 Å². The first-order valence-corrected chi connectivity index (χ1v) is 10.4. The number of hydrogen-bond acceptors (Lipinski definition) is 5. The number of nitrogens with zero attached hydrogens (tertiary/aromatic N) is 1. The minimum Gasteiger partial charge on any atom is -0.478 e. The largest absolute Gasteiger partial charge is 0.478 e. The third kappa shape index (κ3) is 5.00. The van der Waals surface area contributed by atoms with Crippen LogP contribution in [0.2, 0.25) is 0 Å². The van der Waals surface area contributed by atoms with E-state index in [1.165, 1.54) is 24.3 Å². The lowest BCUT2D eigenvalue weighted by Crippen LogP contribution is -2.14. The van der Waals surface area contributed by atoms with Crippen molar-refractivity contribution < 1.29 is 23.2 Å². The number of anilines is 1. The molecule has 3 aromatic carbocycles. The second-order valence-electron chi connectivity index (χ2n) is 6.53. The van der Waals surface area contributed by atoms with Crippen molar-refractivity contribution in [2.24, 2.45) is 0 Å². The summed E-state index contributed by atoms with van der Waals surface area (Å²) in [7, 11) is -4.12. The molecular weight excluding hydrogens is 408 g/mol. The van der Waals surface area contributed by atoms with Crippen LogP contribution in [0.15, 0.2) is 77.7 Å². The number of carbonyl (C=O) groups is 1. The minimum atomic E-state index is -4.12. The smallest absolute Gasteiger partial charge is 0.335 e. The van der Waals surface area contributed by atoms with Crippen LogP contribution in [0, 0.1) is 10.1 Å². The summed E-state index contributed by atoms with van der Waals surface area (Å²) in [6.07, 6.45) is 1.27. The third-order valence-electron chi connectivity index (χ3n) is 4.43. The molecule has 0 heterocycles. The molecular formula is C21H18N2O6S. The lowest BCUT2D eigenvalue weighted by atomic mass is 10.0. The first-order valence-electron chi connectivity index (χ1n) is 8.94. The Labute approximate surface area is 173 Å². The van der Waals surface area contributed by atoms with Gasteiger partial charge in [0.25, 0.3) is 15.7 Å². The van der Waals surface area contributed by atoms with Gasteiger partial charge in [-0.15, -0.1) is 0 Å². The summed E-state index contributed by atoms with van der Waals surface area (Å²) in [6, 6.07) is 18.5. The monoisotopic (exact) mass is 426 g/mol. The van der Waals surface area contributed by atoms with Gasteiger partial charge in [-0.1, -0.05) is 36.4 Å². The number of nitrogens with one attached hydrogen (secondary N) is 1. The van der Waals surface area contributed by atoms with Gasteiger partial charge < -0.3 is 5.11 Å². The fourth-order valence-electron chi connectivity index (χ4n) is 2.93. The molecule has 8 nitrogen and oxygen atoms in total. The Morgan fingerprint density at radius 2 is 1.60 bits per heavy atom. The molecule has 0 bridgehead atoms. The second kappa shape index (κ2) is 8.75. The Balaban J connectivity index is 1.70. The van der Waals surface area contributed by atoms with Gasteiger partial charge in [-0.2, -0.15) is 0 Å². The number of hydrogen-bond donors (Lipinski definition) is 2. The number of benzene rings is 3.